The van der Waals surface area contributed by atoms with E-state index in [1.807, 2.05) is 0 Å². The third-order valence-corrected chi connectivity index (χ3v) is 2.22. The SMILES string of the molecule is CC(=O)Nc1ccc(F)c(NC(=O)C(C)(C)C)c1. The van der Waals surface area contributed by atoms with Crippen LogP contribution in [0.1, 0.15) is 27.7 Å². The molecule has 98 valence electrons. The summed E-state index contributed by atoms with van der Waals surface area (Å²) in [6, 6.07) is 4.02. The fourth-order valence-electron chi connectivity index (χ4n) is 1.21. The first-order valence-corrected chi connectivity index (χ1v) is 5.59. The summed E-state index contributed by atoms with van der Waals surface area (Å²) in [4.78, 5) is 22.7. The minimum Gasteiger partial charge on any atom is -0.326 e. The Morgan fingerprint density at radius 3 is 2.28 bits per heavy atom. The van der Waals surface area contributed by atoms with Crippen LogP contribution in [-0.2, 0) is 9.59 Å². The van der Waals surface area contributed by atoms with Gasteiger partial charge >= 0.3 is 0 Å². The molecule has 1 aromatic carbocycles. The van der Waals surface area contributed by atoms with E-state index in [0.717, 1.165) is 0 Å². The quantitative estimate of drug-likeness (QED) is 0.850. The Morgan fingerprint density at radius 1 is 1.17 bits per heavy atom. The summed E-state index contributed by atoms with van der Waals surface area (Å²) in [5.74, 6) is -1.09. The van der Waals surface area contributed by atoms with Crippen molar-refractivity contribution in [2.75, 3.05) is 10.6 Å². The molecule has 1 aromatic rings. The second-order valence-corrected chi connectivity index (χ2v) is 5.08. The van der Waals surface area contributed by atoms with Gasteiger partial charge in [0.2, 0.25) is 11.8 Å². The van der Waals surface area contributed by atoms with Gasteiger partial charge in [-0.1, -0.05) is 20.8 Å². The summed E-state index contributed by atoms with van der Waals surface area (Å²) in [5, 5.41) is 5.03. The molecule has 0 heterocycles. The second-order valence-electron chi connectivity index (χ2n) is 5.08. The van der Waals surface area contributed by atoms with Gasteiger partial charge in [-0.05, 0) is 18.2 Å². The Balaban J connectivity index is 2.94. The number of anilines is 2. The van der Waals surface area contributed by atoms with Crippen LogP contribution < -0.4 is 10.6 Å². The predicted octanol–water partition coefficient (Wildman–Crippen LogP) is 2.77. The number of nitrogens with one attached hydrogen (secondary N) is 2. The molecular weight excluding hydrogens is 235 g/mol. The van der Waals surface area contributed by atoms with E-state index in [-0.39, 0.29) is 17.5 Å². The first-order valence-electron chi connectivity index (χ1n) is 5.59. The molecule has 0 spiro atoms. The van der Waals surface area contributed by atoms with Crippen LogP contribution >= 0.6 is 0 Å². The Kier molecular flexibility index (Phi) is 4.06. The lowest BCUT2D eigenvalue weighted by Gasteiger charge is -2.18. The maximum atomic E-state index is 13.5. The first-order chi connectivity index (χ1) is 8.20. The lowest BCUT2D eigenvalue weighted by atomic mass is 9.95. The van der Waals surface area contributed by atoms with E-state index in [9.17, 15) is 14.0 Å². The highest BCUT2D eigenvalue weighted by molar-refractivity contribution is 5.96. The van der Waals surface area contributed by atoms with Crippen molar-refractivity contribution in [3.8, 4) is 0 Å². The number of hydrogen-bond acceptors (Lipinski definition) is 2. The molecule has 18 heavy (non-hydrogen) atoms. The number of rotatable bonds is 2. The van der Waals surface area contributed by atoms with E-state index in [4.69, 9.17) is 0 Å². The molecule has 2 N–H and O–H groups in total. The number of halogens is 1. The summed E-state index contributed by atoms with van der Waals surface area (Å²) in [6.45, 7) is 6.56. The molecule has 1 rings (SSSR count). The number of carbonyl (C=O) groups excluding carboxylic acids is 2. The molecule has 0 atom stereocenters. The van der Waals surface area contributed by atoms with Crippen molar-refractivity contribution in [2.45, 2.75) is 27.7 Å². The molecular formula is C13H17FN2O2. The predicted molar refractivity (Wildman–Crippen MR) is 68.8 cm³/mol. The number of hydrogen-bond donors (Lipinski definition) is 2. The van der Waals surface area contributed by atoms with Crippen molar-refractivity contribution in [3.63, 3.8) is 0 Å². The van der Waals surface area contributed by atoms with Crippen LogP contribution in [0.5, 0.6) is 0 Å². The van der Waals surface area contributed by atoms with E-state index in [1.54, 1.807) is 20.8 Å². The van der Waals surface area contributed by atoms with E-state index < -0.39 is 11.2 Å². The lowest BCUT2D eigenvalue weighted by Crippen LogP contribution is -2.28. The Labute approximate surface area is 106 Å². The van der Waals surface area contributed by atoms with Gasteiger partial charge in [0.1, 0.15) is 5.82 Å². The highest BCUT2D eigenvalue weighted by Crippen LogP contribution is 2.22. The van der Waals surface area contributed by atoms with E-state index >= 15 is 0 Å². The molecule has 0 fully saturated rings. The Morgan fingerprint density at radius 2 is 1.78 bits per heavy atom. The van der Waals surface area contributed by atoms with E-state index in [1.165, 1.54) is 25.1 Å². The van der Waals surface area contributed by atoms with Gasteiger partial charge in [-0.15, -0.1) is 0 Å². The maximum Gasteiger partial charge on any atom is 0.229 e. The first kappa shape index (κ1) is 14.2. The van der Waals surface area contributed by atoms with Gasteiger partial charge in [-0.3, -0.25) is 9.59 Å². The summed E-state index contributed by atoms with van der Waals surface area (Å²) >= 11 is 0. The molecule has 0 aliphatic rings. The maximum absolute atomic E-state index is 13.5. The van der Waals surface area contributed by atoms with Crippen LogP contribution in [0, 0.1) is 11.2 Å². The molecule has 5 heteroatoms. The zero-order valence-electron chi connectivity index (χ0n) is 10.9. The number of benzene rings is 1. The van der Waals surface area contributed by atoms with E-state index in [2.05, 4.69) is 10.6 Å². The zero-order valence-corrected chi connectivity index (χ0v) is 10.9. The van der Waals surface area contributed by atoms with Crippen molar-refractivity contribution in [1.82, 2.24) is 0 Å². The minimum absolute atomic E-state index is 0.0566. The topological polar surface area (TPSA) is 58.2 Å². The van der Waals surface area contributed by atoms with Gasteiger partial charge in [-0.25, -0.2) is 4.39 Å². The Hall–Kier alpha value is -1.91. The van der Waals surface area contributed by atoms with Gasteiger partial charge in [0, 0.05) is 18.0 Å². The molecule has 0 aromatic heterocycles. The van der Waals surface area contributed by atoms with Gasteiger partial charge in [0.15, 0.2) is 0 Å². The largest absolute Gasteiger partial charge is 0.326 e. The standard InChI is InChI=1S/C13H17FN2O2/c1-8(17)15-9-5-6-10(14)11(7-9)16-12(18)13(2,3)4/h5-7H,1-4H3,(H,15,17)(H,16,18). The lowest BCUT2D eigenvalue weighted by molar-refractivity contribution is -0.123. The summed E-state index contributed by atoms with van der Waals surface area (Å²) in [5.41, 5.74) is -0.120. The molecule has 2 amide bonds. The number of carbonyl (C=O) groups is 2. The fraction of sp³-hybridized carbons (Fsp3) is 0.385. The van der Waals surface area contributed by atoms with Gasteiger partial charge < -0.3 is 10.6 Å². The minimum atomic E-state index is -0.615. The van der Waals surface area contributed by atoms with Crippen LogP contribution in [0.2, 0.25) is 0 Å². The third-order valence-electron chi connectivity index (χ3n) is 2.22. The molecule has 4 nitrogen and oxygen atoms in total. The van der Waals surface area contributed by atoms with Crippen molar-refractivity contribution in [1.29, 1.82) is 0 Å². The third kappa shape index (κ3) is 3.84. The van der Waals surface area contributed by atoms with Crippen LogP contribution in [0.4, 0.5) is 15.8 Å². The second kappa shape index (κ2) is 5.16. The van der Waals surface area contributed by atoms with Crippen molar-refractivity contribution < 1.29 is 14.0 Å². The molecule has 0 saturated carbocycles. The smallest absolute Gasteiger partial charge is 0.229 e. The average molecular weight is 252 g/mol. The molecule has 0 unspecified atom stereocenters. The molecule has 0 saturated heterocycles. The fourth-order valence-corrected chi connectivity index (χ4v) is 1.21. The molecule has 0 bridgehead atoms. The average Bonchev–Trinajstić information content (AvgIpc) is 2.20. The van der Waals surface area contributed by atoms with Crippen molar-refractivity contribution in [2.24, 2.45) is 5.41 Å². The highest BCUT2D eigenvalue weighted by atomic mass is 19.1. The van der Waals surface area contributed by atoms with Crippen molar-refractivity contribution >= 4 is 23.2 Å². The summed E-state index contributed by atoms with van der Waals surface area (Å²) in [7, 11) is 0. The van der Waals surface area contributed by atoms with Gasteiger partial charge in [-0.2, -0.15) is 0 Å². The number of amides is 2. The molecule has 0 aliphatic heterocycles. The summed E-state index contributed by atoms with van der Waals surface area (Å²) < 4.78 is 13.5. The molecule has 0 aliphatic carbocycles. The Bertz CT molecular complexity index is 478. The van der Waals surface area contributed by atoms with Gasteiger partial charge in [0.05, 0.1) is 5.69 Å². The monoisotopic (exact) mass is 252 g/mol. The van der Waals surface area contributed by atoms with Crippen molar-refractivity contribution in [3.05, 3.63) is 24.0 Å². The molecule has 0 radical (unpaired) electrons. The van der Waals surface area contributed by atoms with Crippen LogP contribution in [0.25, 0.3) is 0 Å². The summed E-state index contributed by atoms with van der Waals surface area (Å²) in [6.07, 6.45) is 0. The van der Waals surface area contributed by atoms with Crippen LogP contribution in [0.3, 0.4) is 0 Å². The normalized spacial score (nSPS) is 10.9. The van der Waals surface area contributed by atoms with E-state index in [0.29, 0.717) is 5.69 Å². The van der Waals surface area contributed by atoms with Crippen LogP contribution in [0.15, 0.2) is 18.2 Å². The zero-order chi connectivity index (χ0) is 13.9. The van der Waals surface area contributed by atoms with Crippen LogP contribution in [-0.4, -0.2) is 11.8 Å². The van der Waals surface area contributed by atoms with Gasteiger partial charge in [0.25, 0.3) is 0 Å². The highest BCUT2D eigenvalue weighted by Gasteiger charge is 2.22.